The first kappa shape index (κ1) is 8.54. The molecule has 62 valence electrons. The predicted octanol–water partition coefficient (Wildman–Crippen LogP) is 2.39. The van der Waals surface area contributed by atoms with Gasteiger partial charge in [0.1, 0.15) is 0 Å². The van der Waals surface area contributed by atoms with E-state index in [4.69, 9.17) is 0 Å². The summed E-state index contributed by atoms with van der Waals surface area (Å²) in [5.74, 6) is 0. The molecular formula is C10H17N. The van der Waals surface area contributed by atoms with E-state index in [0.29, 0.717) is 0 Å². The fourth-order valence-electron chi connectivity index (χ4n) is 1.77. The second kappa shape index (κ2) is 4.35. The zero-order chi connectivity index (χ0) is 8.10. The third-order valence-corrected chi connectivity index (χ3v) is 2.25. The van der Waals surface area contributed by atoms with Crippen LogP contribution in [0, 0.1) is 0 Å². The summed E-state index contributed by atoms with van der Waals surface area (Å²) in [6.45, 7) is 0. The van der Waals surface area contributed by atoms with Gasteiger partial charge in [0.05, 0.1) is 0 Å². The minimum absolute atomic E-state index is 1.29. The Morgan fingerprint density at radius 2 is 1.45 bits per heavy atom. The van der Waals surface area contributed by atoms with Crippen LogP contribution in [0.5, 0.6) is 0 Å². The summed E-state index contributed by atoms with van der Waals surface area (Å²) < 4.78 is 0. The minimum Gasteiger partial charge on any atom is -0.333 e. The zero-order valence-corrected chi connectivity index (χ0v) is 7.27. The van der Waals surface area contributed by atoms with Gasteiger partial charge >= 0.3 is 0 Å². The zero-order valence-electron chi connectivity index (χ0n) is 7.27. The molecule has 2 aliphatic rings. The van der Waals surface area contributed by atoms with E-state index in [1.807, 2.05) is 0 Å². The Morgan fingerprint density at radius 1 is 1.00 bits per heavy atom. The smallest absolute Gasteiger partial charge is 0.0195 e. The molecular weight excluding hydrogens is 134 g/mol. The molecule has 0 heterocycles. The first-order valence-corrected chi connectivity index (χ1v) is 4.43. The Labute approximate surface area is 69.0 Å². The summed E-state index contributed by atoms with van der Waals surface area (Å²) in [7, 11) is 1.50. The molecule has 0 atom stereocenters. The van der Waals surface area contributed by atoms with Crippen molar-refractivity contribution in [3.63, 3.8) is 0 Å². The van der Waals surface area contributed by atoms with Crippen molar-refractivity contribution in [3.8, 4) is 0 Å². The SMILES string of the molecule is C1=C2CCCC2=CCC1.CN. The molecule has 11 heavy (non-hydrogen) atoms. The van der Waals surface area contributed by atoms with E-state index in [9.17, 15) is 0 Å². The number of fused-ring (bicyclic) bond motifs is 1. The highest BCUT2D eigenvalue weighted by Crippen LogP contribution is 2.33. The molecule has 1 fully saturated rings. The van der Waals surface area contributed by atoms with E-state index in [1.165, 1.54) is 39.2 Å². The summed E-state index contributed by atoms with van der Waals surface area (Å²) in [5.41, 5.74) is 7.81. The van der Waals surface area contributed by atoms with E-state index in [0.717, 1.165) is 0 Å². The molecule has 1 saturated carbocycles. The fraction of sp³-hybridized carbons (Fsp3) is 0.600. The molecule has 2 N–H and O–H groups in total. The van der Waals surface area contributed by atoms with Crippen molar-refractivity contribution in [1.29, 1.82) is 0 Å². The molecule has 0 radical (unpaired) electrons. The maximum Gasteiger partial charge on any atom is -0.0195 e. The summed E-state index contributed by atoms with van der Waals surface area (Å²) >= 11 is 0. The van der Waals surface area contributed by atoms with Crippen molar-refractivity contribution >= 4 is 0 Å². The van der Waals surface area contributed by atoms with Crippen molar-refractivity contribution in [1.82, 2.24) is 0 Å². The van der Waals surface area contributed by atoms with Crippen molar-refractivity contribution in [2.75, 3.05) is 7.05 Å². The molecule has 0 amide bonds. The third-order valence-electron chi connectivity index (χ3n) is 2.25. The molecule has 0 aromatic heterocycles. The van der Waals surface area contributed by atoms with Gasteiger partial charge in [0.25, 0.3) is 0 Å². The topological polar surface area (TPSA) is 26.0 Å². The average molecular weight is 151 g/mol. The van der Waals surface area contributed by atoms with Crippen molar-refractivity contribution < 1.29 is 0 Å². The van der Waals surface area contributed by atoms with E-state index >= 15 is 0 Å². The van der Waals surface area contributed by atoms with Crippen LogP contribution in [0.3, 0.4) is 0 Å². The molecule has 0 bridgehead atoms. The molecule has 1 heteroatoms. The van der Waals surface area contributed by atoms with Crippen LogP contribution in [-0.4, -0.2) is 7.05 Å². The second-order valence-electron chi connectivity index (χ2n) is 2.89. The number of rotatable bonds is 0. The molecule has 2 rings (SSSR count). The molecule has 0 spiro atoms. The Kier molecular flexibility index (Phi) is 3.37. The molecule has 0 unspecified atom stereocenters. The first-order valence-electron chi connectivity index (χ1n) is 4.43. The van der Waals surface area contributed by atoms with Crippen LogP contribution in [0.15, 0.2) is 23.3 Å². The molecule has 0 saturated heterocycles. The van der Waals surface area contributed by atoms with Crippen LogP contribution in [-0.2, 0) is 0 Å². The number of allylic oxidation sites excluding steroid dienone is 4. The van der Waals surface area contributed by atoms with E-state index in [-0.39, 0.29) is 0 Å². The molecule has 0 aromatic rings. The van der Waals surface area contributed by atoms with Gasteiger partial charge in [0, 0.05) is 0 Å². The van der Waals surface area contributed by atoms with Gasteiger partial charge in [-0.1, -0.05) is 12.2 Å². The predicted molar refractivity (Wildman–Crippen MR) is 49.4 cm³/mol. The first-order chi connectivity index (χ1) is 5.47. The number of nitrogens with two attached hydrogens (primary N) is 1. The highest BCUT2D eigenvalue weighted by Gasteiger charge is 2.13. The van der Waals surface area contributed by atoms with Gasteiger partial charge < -0.3 is 5.73 Å². The molecule has 2 aliphatic carbocycles. The van der Waals surface area contributed by atoms with Gasteiger partial charge in [0.15, 0.2) is 0 Å². The van der Waals surface area contributed by atoms with Crippen LogP contribution in [0.4, 0.5) is 0 Å². The van der Waals surface area contributed by atoms with E-state index in [1.54, 1.807) is 11.1 Å². The number of hydrogen-bond donors (Lipinski definition) is 1. The quantitative estimate of drug-likeness (QED) is 0.565. The highest BCUT2D eigenvalue weighted by molar-refractivity contribution is 5.36. The lowest BCUT2D eigenvalue weighted by Crippen LogP contribution is -1.85. The van der Waals surface area contributed by atoms with Gasteiger partial charge in [-0.25, -0.2) is 0 Å². The third kappa shape index (κ3) is 1.93. The summed E-state index contributed by atoms with van der Waals surface area (Å²) in [5, 5.41) is 0. The van der Waals surface area contributed by atoms with E-state index < -0.39 is 0 Å². The summed E-state index contributed by atoms with van der Waals surface area (Å²) in [6.07, 6.45) is 11.5. The van der Waals surface area contributed by atoms with Crippen LogP contribution < -0.4 is 5.73 Å². The van der Waals surface area contributed by atoms with Crippen molar-refractivity contribution in [3.05, 3.63) is 23.3 Å². The van der Waals surface area contributed by atoms with Crippen molar-refractivity contribution in [2.45, 2.75) is 32.1 Å². The van der Waals surface area contributed by atoms with Gasteiger partial charge in [-0.15, -0.1) is 0 Å². The van der Waals surface area contributed by atoms with Gasteiger partial charge in [-0.05, 0) is 50.3 Å². The Hall–Kier alpha value is -0.560. The average Bonchev–Trinajstić information content (AvgIpc) is 2.55. The largest absolute Gasteiger partial charge is 0.333 e. The van der Waals surface area contributed by atoms with Crippen LogP contribution >= 0.6 is 0 Å². The highest BCUT2D eigenvalue weighted by atomic mass is 14.4. The van der Waals surface area contributed by atoms with Crippen molar-refractivity contribution in [2.24, 2.45) is 5.73 Å². The van der Waals surface area contributed by atoms with Gasteiger partial charge in [-0.2, -0.15) is 0 Å². The molecule has 0 aromatic carbocycles. The van der Waals surface area contributed by atoms with Gasteiger partial charge in [0.2, 0.25) is 0 Å². The lowest BCUT2D eigenvalue weighted by atomic mass is 10.0. The lowest BCUT2D eigenvalue weighted by Gasteiger charge is -2.05. The molecule has 1 nitrogen and oxygen atoms in total. The Bertz CT molecular complexity index is 157. The number of hydrogen-bond acceptors (Lipinski definition) is 1. The normalized spacial score (nSPS) is 20.9. The fourth-order valence-corrected chi connectivity index (χ4v) is 1.77. The Balaban J connectivity index is 0.000000281. The van der Waals surface area contributed by atoms with Crippen LogP contribution in [0.1, 0.15) is 32.1 Å². The minimum atomic E-state index is 1.29. The maximum absolute atomic E-state index is 4.50. The maximum atomic E-state index is 4.50. The second-order valence-corrected chi connectivity index (χ2v) is 2.89. The summed E-state index contributed by atoms with van der Waals surface area (Å²) in [4.78, 5) is 0. The molecule has 0 aliphatic heterocycles. The van der Waals surface area contributed by atoms with Crippen LogP contribution in [0.25, 0.3) is 0 Å². The lowest BCUT2D eigenvalue weighted by molar-refractivity contribution is 0.932. The van der Waals surface area contributed by atoms with Gasteiger partial charge in [-0.3, -0.25) is 0 Å². The summed E-state index contributed by atoms with van der Waals surface area (Å²) in [6, 6.07) is 0. The van der Waals surface area contributed by atoms with E-state index in [2.05, 4.69) is 17.9 Å². The standard InChI is InChI=1S/C9H12.CH5N/c1-2-5-9-7-3-6-8(9)4-1;1-2/h4-5H,1-3,6-7H2;2H2,1H3. The monoisotopic (exact) mass is 151 g/mol. The van der Waals surface area contributed by atoms with Crippen LogP contribution in [0.2, 0.25) is 0 Å². The Morgan fingerprint density at radius 3 is 1.91 bits per heavy atom.